The number of benzene rings is 3. The topological polar surface area (TPSA) is 117 Å². The Morgan fingerprint density at radius 2 is 1.67 bits per heavy atom. The summed E-state index contributed by atoms with van der Waals surface area (Å²) in [6, 6.07) is 13.8. The van der Waals surface area contributed by atoms with Crippen LogP contribution in [0.1, 0.15) is 34.1 Å². The number of carbonyl (C=O) groups is 1. The van der Waals surface area contributed by atoms with Gasteiger partial charge in [0, 0.05) is 41.3 Å². The quantitative estimate of drug-likeness (QED) is 0.175. The number of anilines is 1. The molecule has 0 spiro atoms. The normalized spacial score (nSPS) is 11.2. The molecule has 0 saturated carbocycles. The number of nitrogens with zero attached hydrogens (tertiary/aromatic N) is 2. The average Bonchev–Trinajstić information content (AvgIpc) is 3.01. The highest BCUT2D eigenvalue weighted by molar-refractivity contribution is 6.04. The lowest BCUT2D eigenvalue weighted by Crippen LogP contribution is -2.32. The van der Waals surface area contributed by atoms with Crippen LogP contribution in [0.5, 0.6) is 17.2 Å². The second-order valence-corrected chi connectivity index (χ2v) is 9.25. The van der Waals surface area contributed by atoms with Crippen LogP contribution >= 0.6 is 0 Å². The zero-order valence-electron chi connectivity index (χ0n) is 24.0. The lowest BCUT2D eigenvalue weighted by atomic mass is 10.1. The van der Waals surface area contributed by atoms with Gasteiger partial charge >= 0.3 is 0 Å². The van der Waals surface area contributed by atoms with Crippen molar-refractivity contribution in [3.05, 3.63) is 111 Å². The molecule has 0 fully saturated rings. The first-order valence-corrected chi connectivity index (χ1v) is 13.0. The Hall–Kier alpha value is -5.29. The summed E-state index contributed by atoms with van der Waals surface area (Å²) in [5.41, 5.74) is 7.42. The average molecular weight is 589 g/mol. The number of aryl methyl sites for hydroxylation is 1. The van der Waals surface area contributed by atoms with E-state index in [1.165, 1.54) is 61.3 Å². The van der Waals surface area contributed by atoms with Crippen molar-refractivity contribution >= 4 is 29.8 Å². The fraction of sp³-hybridized carbons (Fsp3) is 0.156. The minimum Gasteiger partial charge on any atom is -0.493 e. The van der Waals surface area contributed by atoms with Crippen LogP contribution in [0.25, 0.3) is 11.4 Å². The van der Waals surface area contributed by atoms with Crippen molar-refractivity contribution in [2.75, 3.05) is 19.5 Å². The maximum absolute atomic E-state index is 15.2. The van der Waals surface area contributed by atoms with E-state index in [1.807, 2.05) is 0 Å². The molecule has 11 heteroatoms. The van der Waals surface area contributed by atoms with Gasteiger partial charge in [-0.25, -0.2) is 8.78 Å². The number of carbonyl (C=O) groups excluding carboxylic acids is 1. The van der Waals surface area contributed by atoms with E-state index in [0.29, 0.717) is 39.7 Å². The predicted octanol–water partition coefficient (Wildman–Crippen LogP) is 5.92. The molecule has 0 unspecified atom stereocenters. The number of methoxy groups -OCH3 is 2. The van der Waals surface area contributed by atoms with E-state index in [4.69, 9.17) is 19.9 Å². The van der Waals surface area contributed by atoms with Crippen LogP contribution in [-0.4, -0.2) is 31.4 Å². The van der Waals surface area contributed by atoms with E-state index in [2.05, 4.69) is 17.0 Å². The zero-order chi connectivity index (χ0) is 31.3. The minimum atomic E-state index is -0.774. The van der Waals surface area contributed by atoms with Crippen molar-refractivity contribution in [2.45, 2.75) is 20.4 Å². The van der Waals surface area contributed by atoms with Gasteiger partial charge in [0.1, 0.15) is 17.1 Å². The number of nitrogens with two attached hydrogens (primary N) is 1. The van der Waals surface area contributed by atoms with Crippen molar-refractivity contribution in [3.63, 3.8) is 0 Å². The number of amides is 1. The summed E-state index contributed by atoms with van der Waals surface area (Å²) >= 11 is 0. The number of aromatic nitrogens is 1. The van der Waals surface area contributed by atoms with Crippen LogP contribution < -0.4 is 30.8 Å². The highest BCUT2D eigenvalue weighted by atomic mass is 19.1. The Labute approximate surface area is 246 Å². The summed E-state index contributed by atoms with van der Waals surface area (Å²) in [6.45, 7) is 7.01. The maximum Gasteiger partial charge on any atom is 0.268 e. The molecule has 9 nitrogen and oxygen atoms in total. The number of nitrogens with one attached hydrogen (secondary N) is 1. The van der Waals surface area contributed by atoms with Crippen molar-refractivity contribution in [2.24, 2.45) is 10.7 Å². The summed E-state index contributed by atoms with van der Waals surface area (Å²) in [7, 11) is 2.97. The molecule has 3 aromatic carbocycles. The summed E-state index contributed by atoms with van der Waals surface area (Å²) in [5.74, 6) is -1.01. The van der Waals surface area contributed by atoms with E-state index >= 15 is 4.39 Å². The fourth-order valence-corrected chi connectivity index (χ4v) is 4.50. The summed E-state index contributed by atoms with van der Waals surface area (Å²) < 4.78 is 46.6. The van der Waals surface area contributed by atoms with E-state index in [1.54, 1.807) is 32.1 Å². The first kappa shape index (κ1) is 30.7. The Morgan fingerprint density at radius 3 is 2.26 bits per heavy atom. The van der Waals surface area contributed by atoms with Crippen LogP contribution in [0.15, 0.2) is 76.5 Å². The van der Waals surface area contributed by atoms with Gasteiger partial charge in [-0.15, -0.1) is 0 Å². The molecular formula is C32H30F2N4O5. The number of ether oxygens (including phenoxy) is 3. The first-order valence-electron chi connectivity index (χ1n) is 13.0. The Morgan fingerprint density at radius 1 is 1.00 bits per heavy atom. The van der Waals surface area contributed by atoms with Crippen LogP contribution in [-0.2, 0) is 6.54 Å². The molecule has 0 aliphatic carbocycles. The molecule has 0 aliphatic heterocycles. The first-order chi connectivity index (χ1) is 20.6. The standard InChI is InChI=1S/C32H30F2N4O5/c1-6-27(22-15-29(41-4)30(42-5)16-25(22)36-3)43-28-12-9-20(14-24(28)34)37-31(39)23-13-18(2)26(17-35)38(32(23)40)21-10-7-19(33)8-11-21/h6-16H,3,17,35H2,1-2,4-5H3,(H,37,39)/b27-6+. The number of hydrogen-bond donors (Lipinski definition) is 2. The number of rotatable bonds is 10. The third-order valence-electron chi connectivity index (χ3n) is 6.65. The third-order valence-corrected chi connectivity index (χ3v) is 6.65. The molecule has 0 saturated heterocycles. The molecular weight excluding hydrogens is 558 g/mol. The number of hydrogen-bond acceptors (Lipinski definition) is 7. The highest BCUT2D eigenvalue weighted by Gasteiger charge is 2.20. The van der Waals surface area contributed by atoms with E-state index in [0.717, 1.165) is 6.07 Å². The van der Waals surface area contributed by atoms with Crippen LogP contribution in [0.3, 0.4) is 0 Å². The second-order valence-electron chi connectivity index (χ2n) is 9.25. The number of pyridine rings is 1. The molecule has 0 atom stereocenters. The molecule has 1 heterocycles. The Balaban J connectivity index is 1.62. The van der Waals surface area contributed by atoms with E-state index in [-0.39, 0.29) is 29.3 Å². The van der Waals surface area contributed by atoms with Gasteiger partial charge in [0.2, 0.25) is 0 Å². The van der Waals surface area contributed by atoms with Gasteiger partial charge in [0.25, 0.3) is 11.5 Å². The lowest BCUT2D eigenvalue weighted by Gasteiger charge is -2.17. The van der Waals surface area contributed by atoms with E-state index < -0.39 is 23.1 Å². The minimum absolute atomic E-state index is 0.00881. The molecule has 1 aromatic heterocycles. The van der Waals surface area contributed by atoms with Gasteiger partial charge in [-0.1, -0.05) is 0 Å². The van der Waals surface area contributed by atoms with Crippen molar-refractivity contribution in [1.29, 1.82) is 0 Å². The number of allylic oxidation sites excluding steroid dienone is 1. The van der Waals surface area contributed by atoms with Gasteiger partial charge in [-0.05, 0) is 80.7 Å². The zero-order valence-corrected chi connectivity index (χ0v) is 24.0. The van der Waals surface area contributed by atoms with Crippen molar-refractivity contribution < 1.29 is 27.8 Å². The van der Waals surface area contributed by atoms with Gasteiger partial charge < -0.3 is 25.3 Å². The second kappa shape index (κ2) is 13.1. The van der Waals surface area contributed by atoms with Crippen molar-refractivity contribution in [3.8, 4) is 22.9 Å². The van der Waals surface area contributed by atoms with Gasteiger partial charge in [0.15, 0.2) is 23.1 Å². The van der Waals surface area contributed by atoms with Gasteiger partial charge in [-0.2, -0.15) is 0 Å². The monoisotopic (exact) mass is 588 g/mol. The fourth-order valence-electron chi connectivity index (χ4n) is 4.50. The molecule has 222 valence electrons. The van der Waals surface area contributed by atoms with Crippen LogP contribution in [0.2, 0.25) is 0 Å². The van der Waals surface area contributed by atoms with Crippen LogP contribution in [0.4, 0.5) is 20.2 Å². The van der Waals surface area contributed by atoms with E-state index in [9.17, 15) is 14.0 Å². The third kappa shape index (κ3) is 6.31. The molecule has 43 heavy (non-hydrogen) atoms. The lowest BCUT2D eigenvalue weighted by molar-refractivity contribution is 0.102. The largest absolute Gasteiger partial charge is 0.493 e. The van der Waals surface area contributed by atoms with Crippen molar-refractivity contribution in [1.82, 2.24) is 4.57 Å². The molecule has 3 N–H and O–H groups in total. The summed E-state index contributed by atoms with van der Waals surface area (Å²) in [4.78, 5) is 30.6. The summed E-state index contributed by atoms with van der Waals surface area (Å²) in [5, 5.41) is 2.56. The maximum atomic E-state index is 15.2. The Bertz CT molecular complexity index is 1780. The number of halogens is 2. The highest BCUT2D eigenvalue weighted by Crippen LogP contribution is 2.39. The number of aliphatic imine (C=N–C) groups is 1. The SMILES string of the molecule is C=Nc1cc(OC)c(OC)cc1/C(=C\C)Oc1ccc(NC(=O)c2cc(C)c(CN)n(-c3ccc(F)cc3)c2=O)cc1F. The molecule has 0 bridgehead atoms. The van der Waals surface area contributed by atoms with Gasteiger partial charge in [0.05, 0.1) is 19.9 Å². The summed E-state index contributed by atoms with van der Waals surface area (Å²) in [6.07, 6.45) is 1.63. The molecule has 4 aromatic rings. The van der Waals surface area contributed by atoms with Gasteiger partial charge in [-0.3, -0.25) is 19.1 Å². The predicted molar refractivity (Wildman–Crippen MR) is 162 cm³/mol. The Kier molecular flexibility index (Phi) is 9.36. The smallest absolute Gasteiger partial charge is 0.268 e. The molecule has 1 amide bonds. The van der Waals surface area contributed by atoms with Crippen LogP contribution in [0, 0.1) is 18.6 Å². The molecule has 0 aliphatic rings. The molecule has 4 rings (SSSR count). The molecule has 0 radical (unpaired) electrons.